The first kappa shape index (κ1) is 25.8. The maximum atomic E-state index is 9.11. The maximum Gasteiger partial charge on any atom is 0.183 e. The van der Waals surface area contributed by atoms with E-state index in [0.29, 0.717) is 24.3 Å². The largest absolute Gasteiger partial charge is 0.391 e. The molecular weight excluding hydrogens is 326 g/mol. The Bertz CT molecular complexity index is 268. The minimum atomic E-state index is 0.138. The van der Waals surface area contributed by atoms with Crippen LogP contribution in [0.4, 0.5) is 0 Å². The quantitative estimate of drug-likeness (QED) is 0.171. The number of ether oxygens (including phenoxy) is 1. The van der Waals surface area contributed by atoms with Crippen molar-refractivity contribution in [2.24, 2.45) is 0 Å². The third kappa shape index (κ3) is 17.3. The van der Waals surface area contributed by atoms with Crippen LogP contribution in [0.25, 0.3) is 0 Å². The second-order valence-corrected chi connectivity index (χ2v) is 8.15. The zero-order chi connectivity index (χ0) is 19.3. The zero-order valence-electron chi connectivity index (χ0n) is 17.9. The van der Waals surface area contributed by atoms with E-state index in [0.717, 1.165) is 13.0 Å². The van der Waals surface area contributed by atoms with Crippen LogP contribution in [-0.4, -0.2) is 61.4 Å². The number of quaternary nitrogens is 1. The monoisotopic (exact) mass is 374 g/mol. The predicted octanol–water partition coefficient (Wildman–Crippen LogP) is 4.87. The molecule has 0 spiro atoms. The number of rotatable bonds is 21. The van der Waals surface area contributed by atoms with Gasteiger partial charge in [-0.25, -0.2) is 0 Å². The third-order valence-corrected chi connectivity index (χ3v) is 5.32. The Hall–Kier alpha value is -0.160. The summed E-state index contributed by atoms with van der Waals surface area (Å²) in [6.45, 7) is 5.21. The van der Waals surface area contributed by atoms with E-state index in [1.165, 1.54) is 83.5 Å². The molecule has 0 aromatic rings. The molecule has 2 N–H and O–H groups in total. The van der Waals surface area contributed by atoms with E-state index in [1.807, 2.05) is 7.05 Å². The van der Waals surface area contributed by atoms with E-state index >= 15 is 0 Å². The van der Waals surface area contributed by atoms with Crippen LogP contribution in [0.2, 0.25) is 0 Å². The summed E-state index contributed by atoms with van der Waals surface area (Å²) in [5.74, 6) is 0. The normalized spacial score (nSPS) is 12.0. The highest BCUT2D eigenvalue weighted by Gasteiger charge is 2.20. The van der Waals surface area contributed by atoms with Gasteiger partial charge in [0.05, 0.1) is 26.9 Å². The molecule has 0 fully saturated rings. The third-order valence-electron chi connectivity index (χ3n) is 5.32. The van der Waals surface area contributed by atoms with Crippen molar-refractivity contribution >= 4 is 0 Å². The number of hydrogen-bond donors (Lipinski definition) is 2. The number of unbranched alkanes of at least 4 members (excludes halogenated alkanes) is 13. The zero-order valence-corrected chi connectivity index (χ0v) is 17.9. The summed E-state index contributed by atoms with van der Waals surface area (Å²) in [4.78, 5) is 0. The summed E-state index contributed by atoms with van der Waals surface area (Å²) in [6, 6.07) is 0. The number of aliphatic hydroxyl groups is 2. The smallest absolute Gasteiger partial charge is 0.183 e. The van der Waals surface area contributed by atoms with Gasteiger partial charge < -0.3 is 14.9 Å². The Morgan fingerprint density at radius 3 is 1.38 bits per heavy atom. The Balaban J connectivity index is 3.26. The molecule has 0 aromatic carbocycles. The summed E-state index contributed by atoms with van der Waals surface area (Å²) in [5.41, 5.74) is 0. The van der Waals surface area contributed by atoms with Gasteiger partial charge in [-0.3, -0.25) is 4.48 Å². The van der Waals surface area contributed by atoms with Crippen molar-refractivity contribution in [3.63, 3.8) is 0 Å². The van der Waals surface area contributed by atoms with Crippen LogP contribution in [0.15, 0.2) is 0 Å². The standard InChI is InChI=1S/C22H48NO3/c1-3-4-5-6-7-8-9-10-11-12-13-14-15-16-21-26-22-23(2,17-19-24)18-20-25/h24-25H,3-22H2,1-2H3/q+1. The van der Waals surface area contributed by atoms with Gasteiger partial charge in [-0.15, -0.1) is 0 Å². The number of likely N-dealkylation sites (N-methyl/N-ethyl adjacent to an activating group) is 1. The minimum Gasteiger partial charge on any atom is -0.391 e. The first-order valence-corrected chi connectivity index (χ1v) is 11.3. The van der Waals surface area contributed by atoms with Crippen LogP contribution in [-0.2, 0) is 4.74 Å². The first-order chi connectivity index (χ1) is 12.7. The molecule has 0 radical (unpaired) electrons. The van der Waals surface area contributed by atoms with Crippen LogP contribution in [0.3, 0.4) is 0 Å². The van der Waals surface area contributed by atoms with Gasteiger partial charge in [0.25, 0.3) is 0 Å². The average Bonchev–Trinajstić information content (AvgIpc) is 2.62. The lowest BCUT2D eigenvalue weighted by atomic mass is 10.0. The average molecular weight is 375 g/mol. The molecule has 0 aromatic heterocycles. The van der Waals surface area contributed by atoms with Crippen molar-refractivity contribution in [2.45, 2.75) is 96.8 Å². The molecule has 4 nitrogen and oxygen atoms in total. The molecule has 0 heterocycles. The number of aliphatic hydroxyl groups excluding tert-OH is 2. The first-order valence-electron chi connectivity index (χ1n) is 11.3. The van der Waals surface area contributed by atoms with Crippen molar-refractivity contribution in [3.05, 3.63) is 0 Å². The van der Waals surface area contributed by atoms with Crippen LogP contribution in [0.5, 0.6) is 0 Å². The van der Waals surface area contributed by atoms with Gasteiger partial charge >= 0.3 is 0 Å². The number of nitrogens with zero attached hydrogens (tertiary/aromatic N) is 1. The number of hydrogen-bond acceptors (Lipinski definition) is 3. The fraction of sp³-hybridized carbons (Fsp3) is 1.00. The van der Waals surface area contributed by atoms with Gasteiger partial charge in [0.2, 0.25) is 0 Å². The van der Waals surface area contributed by atoms with Gasteiger partial charge in [0, 0.05) is 0 Å². The maximum absolute atomic E-state index is 9.11. The highest BCUT2D eigenvalue weighted by molar-refractivity contribution is 4.49. The second-order valence-electron chi connectivity index (χ2n) is 8.15. The Morgan fingerprint density at radius 2 is 1.00 bits per heavy atom. The summed E-state index contributed by atoms with van der Waals surface area (Å²) >= 11 is 0. The lowest BCUT2D eigenvalue weighted by molar-refractivity contribution is -0.928. The lowest BCUT2D eigenvalue weighted by Gasteiger charge is -2.32. The molecule has 158 valence electrons. The van der Waals surface area contributed by atoms with E-state index in [4.69, 9.17) is 14.9 Å². The van der Waals surface area contributed by atoms with Gasteiger partial charge in [0.1, 0.15) is 13.1 Å². The molecule has 0 rings (SSSR count). The Labute approximate surface area is 163 Å². The van der Waals surface area contributed by atoms with E-state index in [9.17, 15) is 0 Å². The molecule has 26 heavy (non-hydrogen) atoms. The fourth-order valence-corrected chi connectivity index (χ4v) is 3.41. The van der Waals surface area contributed by atoms with E-state index in [2.05, 4.69) is 6.92 Å². The molecule has 0 unspecified atom stereocenters. The molecule has 0 aliphatic heterocycles. The minimum absolute atomic E-state index is 0.138. The van der Waals surface area contributed by atoms with E-state index < -0.39 is 0 Å². The van der Waals surface area contributed by atoms with Crippen LogP contribution < -0.4 is 0 Å². The lowest BCUT2D eigenvalue weighted by Crippen LogP contribution is -2.49. The van der Waals surface area contributed by atoms with Crippen LogP contribution >= 0.6 is 0 Å². The molecule has 0 aliphatic rings. The Kier molecular flexibility index (Phi) is 19.5. The topological polar surface area (TPSA) is 49.7 Å². The van der Waals surface area contributed by atoms with E-state index in [-0.39, 0.29) is 13.2 Å². The Morgan fingerprint density at radius 1 is 0.615 bits per heavy atom. The molecule has 0 saturated carbocycles. The van der Waals surface area contributed by atoms with Gasteiger partial charge in [-0.05, 0) is 6.42 Å². The summed E-state index contributed by atoms with van der Waals surface area (Å²) < 4.78 is 6.35. The van der Waals surface area contributed by atoms with Crippen LogP contribution in [0.1, 0.15) is 96.8 Å². The predicted molar refractivity (Wildman–Crippen MR) is 111 cm³/mol. The van der Waals surface area contributed by atoms with Crippen molar-refractivity contribution in [3.8, 4) is 0 Å². The van der Waals surface area contributed by atoms with Crippen molar-refractivity contribution in [1.82, 2.24) is 0 Å². The molecule has 4 heteroatoms. The van der Waals surface area contributed by atoms with Crippen LogP contribution in [0, 0.1) is 0 Å². The van der Waals surface area contributed by atoms with Crippen molar-refractivity contribution in [1.29, 1.82) is 0 Å². The molecule has 0 amide bonds. The molecule has 0 bridgehead atoms. The summed E-state index contributed by atoms with van der Waals surface area (Å²) in [7, 11) is 2.03. The molecule has 0 saturated heterocycles. The van der Waals surface area contributed by atoms with Gasteiger partial charge in [0.15, 0.2) is 6.73 Å². The van der Waals surface area contributed by atoms with Gasteiger partial charge in [-0.2, -0.15) is 0 Å². The summed E-state index contributed by atoms with van der Waals surface area (Å²) in [5, 5.41) is 18.2. The summed E-state index contributed by atoms with van der Waals surface area (Å²) in [6.07, 6.45) is 19.2. The van der Waals surface area contributed by atoms with Crippen molar-refractivity contribution in [2.75, 3.05) is 46.7 Å². The second kappa shape index (κ2) is 19.6. The highest BCUT2D eigenvalue weighted by atomic mass is 16.5. The molecule has 0 aliphatic carbocycles. The molecular formula is C22H48NO3+. The SMILES string of the molecule is CCCCCCCCCCCCCCCCOC[N+](C)(CCO)CCO. The van der Waals surface area contributed by atoms with E-state index in [1.54, 1.807) is 0 Å². The van der Waals surface area contributed by atoms with Crippen molar-refractivity contribution < 1.29 is 19.4 Å². The highest BCUT2D eigenvalue weighted by Crippen LogP contribution is 2.13. The molecule has 0 atom stereocenters. The van der Waals surface area contributed by atoms with Gasteiger partial charge in [-0.1, -0.05) is 90.4 Å². The fourth-order valence-electron chi connectivity index (χ4n) is 3.41.